The Bertz CT molecular complexity index is 1330. The van der Waals surface area contributed by atoms with Gasteiger partial charge in [0.15, 0.2) is 16.6 Å². The number of aromatic nitrogens is 1. The first kappa shape index (κ1) is 21.8. The maximum atomic E-state index is 13.8. The van der Waals surface area contributed by atoms with Crippen LogP contribution in [0.5, 0.6) is 11.5 Å². The topological polar surface area (TPSA) is 107 Å². The van der Waals surface area contributed by atoms with Crippen molar-refractivity contribution in [1.29, 1.82) is 0 Å². The van der Waals surface area contributed by atoms with Crippen molar-refractivity contribution in [1.82, 2.24) is 15.2 Å². The first-order chi connectivity index (χ1) is 17.0. The summed E-state index contributed by atoms with van der Waals surface area (Å²) in [4.78, 5) is 33.2. The smallest absolute Gasteiger partial charge is 0.274 e. The minimum Gasteiger partial charge on any atom is -0.486 e. The van der Waals surface area contributed by atoms with Gasteiger partial charge in [-0.1, -0.05) is 29.5 Å². The highest BCUT2D eigenvalue weighted by atomic mass is 32.1. The number of rotatable bonds is 5. The quantitative estimate of drug-likeness (QED) is 0.564. The number of nitrogen functional groups attached to an aromatic ring is 1. The average molecular weight is 495 g/mol. The second-order valence-electron chi connectivity index (χ2n) is 8.96. The summed E-state index contributed by atoms with van der Waals surface area (Å²) in [6.07, 6.45) is 1.03. The van der Waals surface area contributed by atoms with Gasteiger partial charge in [0.25, 0.3) is 11.8 Å². The van der Waals surface area contributed by atoms with Crippen LogP contribution in [0.4, 0.5) is 9.52 Å². The SMILES string of the molecule is Nc1nc(C(=O)N2C[C@@H]3C[C@@H]3[C@H]2CNC(=O)c2cccc3c2OCCO3)c(-c2cccc(F)c2)s1. The number of hydrogen-bond donors (Lipinski definition) is 2. The van der Waals surface area contributed by atoms with Crippen molar-refractivity contribution in [3.63, 3.8) is 0 Å². The summed E-state index contributed by atoms with van der Waals surface area (Å²) in [6, 6.07) is 11.1. The molecule has 1 aromatic heterocycles. The number of carbonyl (C=O) groups excluding carboxylic acids is 2. The van der Waals surface area contributed by atoms with E-state index in [0.717, 1.165) is 17.8 Å². The Labute approximate surface area is 204 Å². The Hall–Kier alpha value is -3.66. The van der Waals surface area contributed by atoms with E-state index in [-0.39, 0.29) is 28.7 Å². The highest BCUT2D eigenvalue weighted by Gasteiger charge is 2.54. The molecular weight excluding hydrogens is 471 g/mol. The summed E-state index contributed by atoms with van der Waals surface area (Å²) in [5.74, 6) is 0.813. The number of amides is 2. The molecule has 2 aromatic carbocycles. The van der Waals surface area contributed by atoms with Gasteiger partial charge >= 0.3 is 0 Å². The molecule has 8 nitrogen and oxygen atoms in total. The fraction of sp³-hybridized carbons (Fsp3) is 0.320. The van der Waals surface area contributed by atoms with E-state index in [4.69, 9.17) is 15.2 Å². The maximum Gasteiger partial charge on any atom is 0.274 e. The van der Waals surface area contributed by atoms with Gasteiger partial charge in [-0.25, -0.2) is 9.37 Å². The lowest BCUT2D eigenvalue weighted by atomic mass is 10.1. The van der Waals surface area contributed by atoms with Gasteiger partial charge in [0.05, 0.1) is 16.5 Å². The lowest BCUT2D eigenvalue weighted by Gasteiger charge is -2.28. The van der Waals surface area contributed by atoms with Crippen molar-refractivity contribution in [2.75, 3.05) is 32.0 Å². The molecule has 0 radical (unpaired) electrons. The number of carbonyl (C=O) groups is 2. The Balaban J connectivity index is 1.21. The molecule has 3 heterocycles. The van der Waals surface area contributed by atoms with Crippen LogP contribution in [0.1, 0.15) is 27.3 Å². The van der Waals surface area contributed by atoms with E-state index < -0.39 is 5.82 Å². The molecule has 1 saturated heterocycles. The number of nitrogens with zero attached hydrogens (tertiary/aromatic N) is 2. The summed E-state index contributed by atoms with van der Waals surface area (Å²) in [7, 11) is 0. The molecule has 0 bridgehead atoms. The molecule has 6 rings (SSSR count). The Kier molecular flexibility index (Phi) is 5.32. The van der Waals surface area contributed by atoms with E-state index in [1.165, 1.54) is 12.1 Å². The van der Waals surface area contributed by atoms with Gasteiger partial charge in [-0.15, -0.1) is 0 Å². The van der Waals surface area contributed by atoms with Crippen molar-refractivity contribution in [3.8, 4) is 21.9 Å². The molecule has 1 aliphatic carbocycles. The van der Waals surface area contributed by atoms with Gasteiger partial charge in [-0.3, -0.25) is 9.59 Å². The van der Waals surface area contributed by atoms with Gasteiger partial charge in [-0.2, -0.15) is 0 Å². The van der Waals surface area contributed by atoms with Gasteiger partial charge < -0.3 is 25.4 Å². The number of ether oxygens (including phenoxy) is 2. The normalized spacial score (nSPS) is 22.0. The molecule has 35 heavy (non-hydrogen) atoms. The number of nitrogens with two attached hydrogens (primary N) is 1. The lowest BCUT2D eigenvalue weighted by Crippen LogP contribution is -2.45. The molecule has 10 heteroatoms. The Morgan fingerprint density at radius 1 is 1.20 bits per heavy atom. The van der Waals surface area contributed by atoms with E-state index in [9.17, 15) is 14.0 Å². The number of thiazole rings is 1. The Morgan fingerprint density at radius 2 is 2.03 bits per heavy atom. The van der Waals surface area contributed by atoms with Gasteiger partial charge in [0.1, 0.15) is 24.7 Å². The molecule has 1 saturated carbocycles. The number of nitrogens with one attached hydrogen (secondary N) is 1. The summed E-state index contributed by atoms with van der Waals surface area (Å²) in [5, 5.41) is 3.23. The number of anilines is 1. The number of fused-ring (bicyclic) bond motifs is 2. The summed E-state index contributed by atoms with van der Waals surface area (Å²) < 4.78 is 25.1. The molecule has 2 fully saturated rings. The van der Waals surface area contributed by atoms with E-state index in [1.54, 1.807) is 35.2 Å². The van der Waals surface area contributed by atoms with Gasteiger partial charge in [-0.05, 0) is 48.1 Å². The second-order valence-corrected chi connectivity index (χ2v) is 10.00. The maximum absolute atomic E-state index is 13.8. The third-order valence-corrected chi connectivity index (χ3v) is 7.71. The summed E-state index contributed by atoms with van der Waals surface area (Å²) in [5.41, 5.74) is 7.14. The summed E-state index contributed by atoms with van der Waals surface area (Å²) in [6.45, 7) is 1.74. The second kappa shape index (κ2) is 8.53. The predicted octanol–water partition coefficient (Wildman–Crippen LogP) is 3.19. The van der Waals surface area contributed by atoms with Gasteiger partial charge in [0, 0.05) is 13.1 Å². The molecule has 3 aromatic rings. The molecular formula is C25H23FN4O4S. The molecule has 2 amide bonds. The van der Waals surface area contributed by atoms with Crippen molar-refractivity contribution >= 4 is 28.3 Å². The third kappa shape index (κ3) is 3.97. The van der Waals surface area contributed by atoms with E-state index >= 15 is 0 Å². The average Bonchev–Trinajstić information content (AvgIpc) is 3.38. The zero-order chi connectivity index (χ0) is 24.1. The number of likely N-dealkylation sites (tertiary alicyclic amines) is 1. The number of halogens is 1. The first-order valence-corrected chi connectivity index (χ1v) is 12.3. The van der Waals surface area contributed by atoms with Crippen molar-refractivity contribution in [2.24, 2.45) is 11.8 Å². The lowest BCUT2D eigenvalue weighted by molar-refractivity contribution is 0.0690. The van der Waals surface area contributed by atoms with Crippen molar-refractivity contribution < 1.29 is 23.5 Å². The highest BCUT2D eigenvalue weighted by Crippen LogP contribution is 2.50. The van der Waals surface area contributed by atoms with Crippen molar-refractivity contribution in [3.05, 3.63) is 59.5 Å². The minimum atomic E-state index is -0.395. The van der Waals surface area contributed by atoms with E-state index in [0.29, 0.717) is 65.6 Å². The summed E-state index contributed by atoms with van der Waals surface area (Å²) >= 11 is 1.16. The molecule has 2 aliphatic heterocycles. The first-order valence-electron chi connectivity index (χ1n) is 11.5. The van der Waals surface area contributed by atoms with E-state index in [2.05, 4.69) is 10.3 Å². The van der Waals surface area contributed by atoms with Crippen LogP contribution in [0, 0.1) is 17.7 Å². The van der Waals surface area contributed by atoms with Gasteiger partial charge in [0.2, 0.25) is 0 Å². The van der Waals surface area contributed by atoms with Crippen LogP contribution in [-0.4, -0.2) is 54.0 Å². The molecule has 3 atom stereocenters. The van der Waals surface area contributed by atoms with Crippen molar-refractivity contribution in [2.45, 2.75) is 12.5 Å². The molecule has 0 spiro atoms. The zero-order valence-electron chi connectivity index (χ0n) is 18.7. The van der Waals surface area contributed by atoms with Crippen LogP contribution in [-0.2, 0) is 0 Å². The van der Waals surface area contributed by atoms with E-state index in [1.807, 2.05) is 0 Å². The fourth-order valence-electron chi connectivity index (χ4n) is 5.05. The predicted molar refractivity (Wildman–Crippen MR) is 128 cm³/mol. The van der Waals surface area contributed by atoms with Crippen LogP contribution < -0.4 is 20.5 Å². The fourth-order valence-corrected chi connectivity index (χ4v) is 5.88. The number of para-hydroxylation sites is 1. The van der Waals surface area contributed by atoms with Crippen LogP contribution in [0.25, 0.3) is 10.4 Å². The Morgan fingerprint density at radius 3 is 2.89 bits per heavy atom. The molecule has 3 N–H and O–H groups in total. The van der Waals surface area contributed by atoms with Crippen LogP contribution in [0.3, 0.4) is 0 Å². The highest BCUT2D eigenvalue weighted by molar-refractivity contribution is 7.19. The van der Waals surface area contributed by atoms with Crippen LogP contribution in [0.15, 0.2) is 42.5 Å². The largest absolute Gasteiger partial charge is 0.486 e. The minimum absolute atomic E-state index is 0.156. The number of hydrogen-bond acceptors (Lipinski definition) is 7. The standard InChI is InChI=1S/C25H23FN4O4S/c26-15-4-1-3-13(9-15)22-20(29-25(27)35-22)24(32)30-12-14-10-17(14)18(30)11-28-23(31)16-5-2-6-19-21(16)34-8-7-33-19/h1-6,9,14,17-18H,7-8,10-12H2,(H2,27,29)(H,28,31)/t14-,17-,18+/m0/s1. The number of benzene rings is 2. The molecule has 0 unspecified atom stereocenters. The molecule has 180 valence electrons. The van der Waals surface area contributed by atoms with Crippen LogP contribution in [0.2, 0.25) is 0 Å². The molecule has 3 aliphatic rings. The zero-order valence-corrected chi connectivity index (χ0v) is 19.5. The number of piperidine rings is 1. The van der Waals surface area contributed by atoms with Crippen LogP contribution >= 0.6 is 11.3 Å². The third-order valence-electron chi connectivity index (χ3n) is 6.78. The monoisotopic (exact) mass is 494 g/mol.